The van der Waals surface area contributed by atoms with Crippen molar-refractivity contribution in [1.29, 1.82) is 0 Å². The van der Waals surface area contributed by atoms with Crippen molar-refractivity contribution in [1.82, 2.24) is 9.47 Å². The van der Waals surface area contributed by atoms with Crippen molar-refractivity contribution >= 4 is 16.8 Å². The maximum atomic E-state index is 13.0. The van der Waals surface area contributed by atoms with Gasteiger partial charge in [-0.15, -0.1) is 13.2 Å². The van der Waals surface area contributed by atoms with Gasteiger partial charge in [-0.1, -0.05) is 12.1 Å². The molecule has 0 spiro atoms. The van der Waals surface area contributed by atoms with Crippen molar-refractivity contribution in [2.75, 3.05) is 26.8 Å². The molecule has 0 radical (unpaired) electrons. The molecule has 1 saturated heterocycles. The Kier molecular flexibility index (Phi) is 5.41. The summed E-state index contributed by atoms with van der Waals surface area (Å²) in [5.41, 5.74) is 0.611. The number of rotatable bonds is 5. The molecule has 3 rings (SSSR count). The number of ether oxygens (including phenoxy) is 2. The summed E-state index contributed by atoms with van der Waals surface area (Å²) in [6, 6.07) is 6.05. The van der Waals surface area contributed by atoms with E-state index in [4.69, 9.17) is 4.74 Å². The van der Waals surface area contributed by atoms with Crippen LogP contribution in [0.15, 0.2) is 24.3 Å². The third-order valence-electron chi connectivity index (χ3n) is 4.49. The number of benzene rings is 1. The van der Waals surface area contributed by atoms with E-state index in [1.807, 2.05) is 0 Å². The second kappa shape index (κ2) is 7.57. The minimum atomic E-state index is -4.80. The third kappa shape index (κ3) is 3.95. The molecule has 0 bridgehead atoms. The van der Waals surface area contributed by atoms with E-state index in [9.17, 15) is 18.0 Å². The molecule has 26 heavy (non-hydrogen) atoms. The van der Waals surface area contributed by atoms with Crippen molar-refractivity contribution in [2.24, 2.45) is 0 Å². The maximum Gasteiger partial charge on any atom is 0.573 e. The zero-order chi connectivity index (χ0) is 18.7. The summed E-state index contributed by atoms with van der Waals surface area (Å²) in [5.74, 6) is -0.487. The summed E-state index contributed by atoms with van der Waals surface area (Å²) in [5, 5.41) is 0.531. The van der Waals surface area contributed by atoms with Gasteiger partial charge in [0, 0.05) is 32.1 Å². The van der Waals surface area contributed by atoms with Crippen LogP contribution in [0.3, 0.4) is 0 Å². The summed E-state index contributed by atoms with van der Waals surface area (Å²) in [6.07, 6.45) is -1.85. The van der Waals surface area contributed by atoms with Crippen molar-refractivity contribution in [3.05, 3.63) is 30.0 Å². The first-order valence-corrected chi connectivity index (χ1v) is 8.57. The number of piperidine rings is 1. The van der Waals surface area contributed by atoms with Crippen LogP contribution in [0.25, 0.3) is 10.9 Å². The number of amides is 1. The van der Waals surface area contributed by atoms with Crippen molar-refractivity contribution in [3.8, 4) is 5.75 Å². The predicted molar refractivity (Wildman–Crippen MR) is 90.3 cm³/mol. The third-order valence-corrected chi connectivity index (χ3v) is 4.49. The largest absolute Gasteiger partial charge is 0.573 e. The molecule has 1 fully saturated rings. The number of hydrogen-bond acceptors (Lipinski definition) is 3. The zero-order valence-electron chi connectivity index (χ0n) is 14.5. The Morgan fingerprint density at radius 3 is 2.58 bits per heavy atom. The number of nitrogens with zero attached hydrogens (tertiary/aromatic N) is 2. The van der Waals surface area contributed by atoms with Crippen LogP contribution in [-0.2, 0) is 11.3 Å². The second-order valence-corrected chi connectivity index (χ2v) is 6.27. The highest BCUT2D eigenvalue weighted by Crippen LogP contribution is 2.33. The first-order chi connectivity index (χ1) is 12.4. The van der Waals surface area contributed by atoms with Crippen LogP contribution in [0.5, 0.6) is 5.75 Å². The molecule has 1 aliphatic rings. The number of methoxy groups -OCH3 is 1. The highest BCUT2D eigenvalue weighted by atomic mass is 19.4. The van der Waals surface area contributed by atoms with Crippen LogP contribution >= 0.6 is 0 Å². The summed E-state index contributed by atoms with van der Waals surface area (Å²) < 4.78 is 49.2. The standard InChI is InChI=1S/C18H21F3N2O3/c1-25-11-10-23-14(17(24)22-8-3-2-4-9-22)12-13-6-5-7-15(16(13)23)26-18(19,20)21/h5-7,12H,2-4,8-11H2,1H3. The van der Waals surface area contributed by atoms with Gasteiger partial charge in [0.05, 0.1) is 12.1 Å². The highest BCUT2D eigenvalue weighted by Gasteiger charge is 2.33. The average molecular weight is 370 g/mol. The maximum absolute atomic E-state index is 13.0. The first-order valence-electron chi connectivity index (χ1n) is 8.57. The van der Waals surface area contributed by atoms with Gasteiger partial charge < -0.3 is 18.9 Å². The fourth-order valence-electron chi connectivity index (χ4n) is 3.35. The second-order valence-electron chi connectivity index (χ2n) is 6.27. The molecule has 0 aliphatic carbocycles. The van der Waals surface area contributed by atoms with Gasteiger partial charge in [0.15, 0.2) is 5.75 Å². The molecule has 1 aromatic carbocycles. The van der Waals surface area contributed by atoms with Gasteiger partial charge in [-0.25, -0.2) is 0 Å². The summed E-state index contributed by atoms with van der Waals surface area (Å²) in [4.78, 5) is 14.7. The van der Waals surface area contributed by atoms with E-state index >= 15 is 0 Å². The van der Waals surface area contributed by atoms with E-state index in [1.54, 1.807) is 21.6 Å². The molecule has 0 saturated carbocycles. The summed E-state index contributed by atoms with van der Waals surface area (Å²) >= 11 is 0. The lowest BCUT2D eigenvalue weighted by Gasteiger charge is -2.27. The predicted octanol–water partition coefficient (Wildman–Crippen LogP) is 3.81. The van der Waals surface area contributed by atoms with E-state index in [0.717, 1.165) is 19.3 Å². The monoisotopic (exact) mass is 370 g/mol. The Bertz CT molecular complexity index is 780. The molecule has 8 heteroatoms. The number of carbonyl (C=O) groups excluding carboxylic acids is 1. The molecule has 0 unspecified atom stereocenters. The van der Waals surface area contributed by atoms with Crippen LogP contribution in [0.4, 0.5) is 13.2 Å². The highest BCUT2D eigenvalue weighted by molar-refractivity contribution is 6.00. The van der Waals surface area contributed by atoms with Gasteiger partial charge >= 0.3 is 6.36 Å². The summed E-state index contributed by atoms with van der Waals surface area (Å²) in [7, 11) is 1.50. The molecule has 2 aromatic rings. The lowest BCUT2D eigenvalue weighted by atomic mass is 10.1. The number of aromatic nitrogens is 1. The van der Waals surface area contributed by atoms with Crippen LogP contribution in [0.1, 0.15) is 29.8 Å². The number of halogens is 3. The zero-order valence-corrected chi connectivity index (χ0v) is 14.5. The smallest absolute Gasteiger partial charge is 0.404 e. The molecule has 142 valence electrons. The normalized spacial score (nSPS) is 15.5. The molecule has 1 amide bonds. The Hall–Kier alpha value is -2.22. The molecule has 5 nitrogen and oxygen atoms in total. The number of hydrogen-bond donors (Lipinski definition) is 0. The Morgan fingerprint density at radius 2 is 1.92 bits per heavy atom. The van der Waals surface area contributed by atoms with E-state index < -0.39 is 6.36 Å². The quantitative estimate of drug-likeness (QED) is 0.804. The minimum Gasteiger partial charge on any atom is -0.404 e. The lowest BCUT2D eigenvalue weighted by Crippen LogP contribution is -2.36. The van der Waals surface area contributed by atoms with Crippen LogP contribution in [0, 0.1) is 0 Å². The molecule has 1 aromatic heterocycles. The van der Waals surface area contributed by atoms with E-state index in [-0.39, 0.29) is 30.3 Å². The van der Waals surface area contributed by atoms with Crippen LogP contribution < -0.4 is 4.74 Å². The van der Waals surface area contributed by atoms with Gasteiger partial charge in [0.2, 0.25) is 0 Å². The number of para-hydroxylation sites is 1. The van der Waals surface area contributed by atoms with E-state index in [2.05, 4.69) is 4.74 Å². The molecular formula is C18H21F3N2O3. The SMILES string of the molecule is COCCn1c(C(=O)N2CCCCC2)cc2cccc(OC(F)(F)F)c21. The van der Waals surface area contributed by atoms with Crippen molar-refractivity contribution in [2.45, 2.75) is 32.2 Å². The summed E-state index contributed by atoms with van der Waals surface area (Å²) in [6.45, 7) is 1.85. The van der Waals surface area contributed by atoms with E-state index in [0.29, 0.717) is 24.2 Å². The van der Waals surface area contributed by atoms with Crippen molar-refractivity contribution < 1.29 is 27.4 Å². The fraction of sp³-hybridized carbons (Fsp3) is 0.500. The minimum absolute atomic E-state index is 0.171. The Morgan fingerprint density at radius 1 is 1.19 bits per heavy atom. The first kappa shape index (κ1) is 18.6. The molecule has 2 heterocycles. The number of carbonyl (C=O) groups is 1. The van der Waals surface area contributed by atoms with Crippen LogP contribution in [-0.4, -0.2) is 48.5 Å². The van der Waals surface area contributed by atoms with Gasteiger partial charge in [-0.3, -0.25) is 4.79 Å². The van der Waals surface area contributed by atoms with Gasteiger partial charge in [0.25, 0.3) is 5.91 Å². The van der Waals surface area contributed by atoms with Crippen molar-refractivity contribution in [3.63, 3.8) is 0 Å². The van der Waals surface area contributed by atoms with E-state index in [1.165, 1.54) is 19.2 Å². The van der Waals surface area contributed by atoms with Crippen LogP contribution in [0.2, 0.25) is 0 Å². The van der Waals surface area contributed by atoms with Gasteiger partial charge in [0.1, 0.15) is 5.69 Å². The molecule has 1 aliphatic heterocycles. The fourth-order valence-corrected chi connectivity index (χ4v) is 3.35. The number of likely N-dealkylation sites (tertiary alicyclic amines) is 1. The van der Waals surface area contributed by atoms with Gasteiger partial charge in [-0.05, 0) is 31.4 Å². The molecule has 0 N–H and O–H groups in total. The topological polar surface area (TPSA) is 43.7 Å². The number of fused-ring (bicyclic) bond motifs is 1. The average Bonchev–Trinajstić information content (AvgIpc) is 2.98. The Balaban J connectivity index is 2.07. The number of alkyl halides is 3. The molecule has 0 atom stereocenters. The Labute approximate surface area is 149 Å². The molecular weight excluding hydrogens is 349 g/mol. The lowest BCUT2D eigenvalue weighted by molar-refractivity contribution is -0.274. The van der Waals surface area contributed by atoms with Gasteiger partial charge in [-0.2, -0.15) is 0 Å².